The standard InChI is InChI=1S/C13H18N2O.H2/c1-9(14)15-11-6-7-12-10(8-11)4-2-3-5-13(12)16;/h6-7,11H,2-5,8H2,1H3,(H2,14,15);1H. The molecular formula is C13H20N2O. The summed E-state index contributed by atoms with van der Waals surface area (Å²) in [5, 5.41) is 0. The molecule has 0 fully saturated rings. The van der Waals surface area contributed by atoms with Crippen molar-refractivity contribution in [2.45, 2.75) is 45.1 Å². The molecule has 2 aliphatic rings. The van der Waals surface area contributed by atoms with Gasteiger partial charge in [-0.3, -0.25) is 9.79 Å². The van der Waals surface area contributed by atoms with E-state index in [4.69, 9.17) is 5.73 Å². The molecule has 0 aliphatic heterocycles. The molecule has 0 radical (unpaired) electrons. The molecule has 1 unspecified atom stereocenters. The largest absolute Gasteiger partial charge is 0.388 e. The predicted octanol–water partition coefficient (Wildman–Crippen LogP) is 2.38. The van der Waals surface area contributed by atoms with Crippen LogP contribution >= 0.6 is 0 Å². The van der Waals surface area contributed by atoms with Gasteiger partial charge in [-0.15, -0.1) is 0 Å². The molecule has 0 amide bonds. The average molecular weight is 220 g/mol. The number of Topliss-reactive ketones (excluding diaryl/α,β-unsaturated/α-hetero) is 1. The Labute approximate surface area is 97.6 Å². The van der Waals surface area contributed by atoms with Gasteiger partial charge in [-0.1, -0.05) is 17.7 Å². The number of ketones is 1. The van der Waals surface area contributed by atoms with Gasteiger partial charge in [0.25, 0.3) is 0 Å². The van der Waals surface area contributed by atoms with Gasteiger partial charge in [0.05, 0.1) is 11.9 Å². The highest BCUT2D eigenvalue weighted by molar-refractivity contribution is 5.99. The second-order valence-electron chi connectivity index (χ2n) is 4.55. The topological polar surface area (TPSA) is 55.4 Å². The number of amidine groups is 1. The van der Waals surface area contributed by atoms with E-state index in [2.05, 4.69) is 4.99 Å². The first-order chi connectivity index (χ1) is 7.66. The van der Waals surface area contributed by atoms with Crippen LogP contribution < -0.4 is 5.73 Å². The molecule has 0 spiro atoms. The van der Waals surface area contributed by atoms with E-state index in [0.717, 1.165) is 31.3 Å². The summed E-state index contributed by atoms with van der Waals surface area (Å²) in [6.07, 6.45) is 8.70. The highest BCUT2D eigenvalue weighted by Gasteiger charge is 2.22. The molecule has 0 aromatic carbocycles. The van der Waals surface area contributed by atoms with Gasteiger partial charge in [0.15, 0.2) is 5.78 Å². The number of aliphatic imine (C=N–C) groups is 1. The van der Waals surface area contributed by atoms with Crippen molar-refractivity contribution in [1.29, 1.82) is 0 Å². The van der Waals surface area contributed by atoms with Crippen LogP contribution in [0.5, 0.6) is 0 Å². The summed E-state index contributed by atoms with van der Waals surface area (Å²) >= 11 is 0. The second kappa shape index (κ2) is 4.64. The highest BCUT2D eigenvalue weighted by Crippen LogP contribution is 2.30. The molecule has 16 heavy (non-hydrogen) atoms. The fourth-order valence-corrected chi connectivity index (χ4v) is 2.39. The van der Waals surface area contributed by atoms with Crippen LogP contribution in [-0.4, -0.2) is 17.7 Å². The molecule has 0 bridgehead atoms. The summed E-state index contributed by atoms with van der Waals surface area (Å²) in [6.45, 7) is 1.80. The van der Waals surface area contributed by atoms with Crippen LogP contribution in [0.15, 0.2) is 28.3 Å². The van der Waals surface area contributed by atoms with Crippen molar-refractivity contribution in [3.8, 4) is 0 Å². The smallest absolute Gasteiger partial charge is 0.162 e. The Balaban J connectivity index is 0.00000144. The van der Waals surface area contributed by atoms with Gasteiger partial charge in [-0.05, 0) is 32.6 Å². The molecule has 0 aromatic rings. The molecular weight excluding hydrogens is 200 g/mol. The number of hydrogen-bond donors (Lipinski definition) is 1. The Morgan fingerprint density at radius 2 is 2.25 bits per heavy atom. The Morgan fingerprint density at radius 3 is 3.00 bits per heavy atom. The fraction of sp³-hybridized carbons (Fsp3) is 0.538. The van der Waals surface area contributed by atoms with Crippen LogP contribution in [0.1, 0.15) is 40.5 Å². The van der Waals surface area contributed by atoms with Crippen molar-refractivity contribution in [3.05, 3.63) is 23.3 Å². The number of hydrogen-bond acceptors (Lipinski definition) is 2. The van der Waals surface area contributed by atoms with Crippen molar-refractivity contribution in [2.75, 3.05) is 0 Å². The number of nitrogens with zero attached hydrogens (tertiary/aromatic N) is 1. The number of carbonyl (C=O) groups is 1. The van der Waals surface area contributed by atoms with E-state index in [1.807, 2.05) is 12.2 Å². The van der Waals surface area contributed by atoms with Gasteiger partial charge in [0.1, 0.15) is 0 Å². The van der Waals surface area contributed by atoms with E-state index in [-0.39, 0.29) is 7.47 Å². The maximum absolute atomic E-state index is 11.8. The summed E-state index contributed by atoms with van der Waals surface area (Å²) in [5.41, 5.74) is 7.80. The van der Waals surface area contributed by atoms with Crippen molar-refractivity contribution >= 4 is 11.6 Å². The third-order valence-corrected chi connectivity index (χ3v) is 3.12. The summed E-state index contributed by atoms with van der Waals surface area (Å²) in [4.78, 5) is 16.2. The van der Waals surface area contributed by atoms with Crippen molar-refractivity contribution < 1.29 is 6.22 Å². The summed E-state index contributed by atoms with van der Waals surface area (Å²) in [6, 6.07) is 0.134. The van der Waals surface area contributed by atoms with E-state index < -0.39 is 0 Å². The molecule has 88 valence electrons. The monoisotopic (exact) mass is 220 g/mol. The Morgan fingerprint density at radius 1 is 1.50 bits per heavy atom. The molecule has 0 saturated carbocycles. The van der Waals surface area contributed by atoms with Crippen LogP contribution in [0.4, 0.5) is 0 Å². The number of nitrogens with two attached hydrogens (primary N) is 1. The molecule has 3 nitrogen and oxygen atoms in total. The van der Waals surface area contributed by atoms with Crippen LogP contribution in [0.2, 0.25) is 0 Å². The maximum atomic E-state index is 11.8. The van der Waals surface area contributed by atoms with Crippen LogP contribution in [0, 0.1) is 0 Å². The first-order valence-electron chi connectivity index (χ1n) is 5.90. The molecule has 3 heteroatoms. The van der Waals surface area contributed by atoms with E-state index in [0.29, 0.717) is 18.0 Å². The van der Waals surface area contributed by atoms with Crippen molar-refractivity contribution in [3.63, 3.8) is 0 Å². The molecule has 2 rings (SSSR count). The molecule has 0 heterocycles. The molecule has 0 aromatic heterocycles. The molecule has 2 N–H and O–H groups in total. The second-order valence-corrected chi connectivity index (χ2v) is 4.55. The number of carbonyl (C=O) groups excluding carboxylic acids is 1. The van der Waals surface area contributed by atoms with Gasteiger partial charge < -0.3 is 5.73 Å². The lowest BCUT2D eigenvalue weighted by molar-refractivity contribution is -0.115. The lowest BCUT2D eigenvalue weighted by atomic mass is 9.91. The summed E-state index contributed by atoms with van der Waals surface area (Å²) in [5.74, 6) is 0.911. The van der Waals surface area contributed by atoms with E-state index in [9.17, 15) is 4.79 Å². The average Bonchev–Trinajstić information content (AvgIpc) is 2.40. The molecule has 2 aliphatic carbocycles. The van der Waals surface area contributed by atoms with E-state index in [1.165, 1.54) is 5.57 Å². The fourth-order valence-electron chi connectivity index (χ4n) is 2.39. The SMILES string of the molecule is CC(N)=NC1C=CC2=C(CCCCC2=O)C1.[HH]. The Kier molecular flexibility index (Phi) is 3.22. The minimum atomic E-state index is 0. The third kappa shape index (κ3) is 2.40. The quantitative estimate of drug-likeness (QED) is 0.545. The summed E-state index contributed by atoms with van der Waals surface area (Å²) in [7, 11) is 0. The van der Waals surface area contributed by atoms with Gasteiger partial charge in [0, 0.05) is 13.4 Å². The maximum Gasteiger partial charge on any atom is 0.162 e. The number of allylic oxidation sites excluding steroid dienone is 2. The predicted molar refractivity (Wildman–Crippen MR) is 67.5 cm³/mol. The van der Waals surface area contributed by atoms with Gasteiger partial charge in [-0.2, -0.15) is 0 Å². The Hall–Kier alpha value is -1.38. The Bertz CT molecular complexity index is 392. The van der Waals surface area contributed by atoms with Crippen molar-refractivity contribution in [1.82, 2.24) is 0 Å². The molecule has 0 saturated heterocycles. The zero-order valence-electron chi connectivity index (χ0n) is 9.70. The van der Waals surface area contributed by atoms with E-state index >= 15 is 0 Å². The zero-order chi connectivity index (χ0) is 11.5. The van der Waals surface area contributed by atoms with Crippen molar-refractivity contribution in [2.24, 2.45) is 10.7 Å². The van der Waals surface area contributed by atoms with Gasteiger partial charge in [-0.25, -0.2) is 0 Å². The zero-order valence-corrected chi connectivity index (χ0v) is 9.70. The van der Waals surface area contributed by atoms with Crippen LogP contribution in [0.25, 0.3) is 0 Å². The van der Waals surface area contributed by atoms with E-state index in [1.54, 1.807) is 6.92 Å². The minimum Gasteiger partial charge on any atom is -0.388 e. The number of rotatable bonds is 1. The van der Waals surface area contributed by atoms with Gasteiger partial charge in [0.2, 0.25) is 0 Å². The lowest BCUT2D eigenvalue weighted by Crippen LogP contribution is -2.16. The molecule has 1 atom stereocenters. The van der Waals surface area contributed by atoms with Crippen LogP contribution in [0.3, 0.4) is 0 Å². The normalized spacial score (nSPS) is 26.7. The lowest BCUT2D eigenvalue weighted by Gasteiger charge is -2.18. The third-order valence-electron chi connectivity index (χ3n) is 3.12. The van der Waals surface area contributed by atoms with Gasteiger partial charge >= 0.3 is 0 Å². The minimum absolute atomic E-state index is 0. The highest BCUT2D eigenvalue weighted by atomic mass is 16.1. The first kappa shape index (κ1) is 11.1. The summed E-state index contributed by atoms with van der Waals surface area (Å²) < 4.78 is 0. The van der Waals surface area contributed by atoms with Crippen LogP contribution in [-0.2, 0) is 4.79 Å². The first-order valence-corrected chi connectivity index (χ1v) is 5.90.